The van der Waals surface area contributed by atoms with E-state index in [-0.39, 0.29) is 5.78 Å². The zero-order chi connectivity index (χ0) is 15.7. The van der Waals surface area contributed by atoms with Crippen LogP contribution in [0.3, 0.4) is 0 Å². The molecule has 0 saturated carbocycles. The number of rotatable bonds is 3. The first kappa shape index (κ1) is 16.7. The molecule has 0 heterocycles. The van der Waals surface area contributed by atoms with Gasteiger partial charge >= 0.3 is 6.18 Å². The summed E-state index contributed by atoms with van der Waals surface area (Å²) in [5, 5.41) is 0. The Morgan fingerprint density at radius 1 is 1.15 bits per heavy atom. The monoisotopic (exact) mass is 287 g/mol. The molecule has 1 atom stereocenters. The number of alkyl halides is 3. The fourth-order valence-electron chi connectivity index (χ4n) is 1.98. The summed E-state index contributed by atoms with van der Waals surface area (Å²) >= 11 is 0. The highest BCUT2D eigenvalue weighted by Gasteiger charge is 2.35. The van der Waals surface area contributed by atoms with Crippen LogP contribution in [0.2, 0.25) is 0 Å². The van der Waals surface area contributed by atoms with Gasteiger partial charge in [-0.15, -0.1) is 0 Å². The van der Waals surface area contributed by atoms with Crippen molar-refractivity contribution in [1.82, 2.24) is 4.90 Å². The third kappa shape index (κ3) is 3.82. The van der Waals surface area contributed by atoms with Gasteiger partial charge in [0.15, 0.2) is 5.78 Å². The van der Waals surface area contributed by atoms with Crippen LogP contribution in [-0.2, 0) is 11.0 Å². The van der Waals surface area contributed by atoms with E-state index in [2.05, 4.69) is 0 Å². The molecule has 0 radical (unpaired) electrons. The van der Waals surface area contributed by atoms with E-state index in [4.69, 9.17) is 0 Å². The maximum Gasteiger partial charge on any atom is 0.416 e. The maximum absolute atomic E-state index is 12.8. The lowest BCUT2D eigenvalue weighted by Crippen LogP contribution is -2.35. The molecule has 0 N–H and O–H groups in total. The second kappa shape index (κ2) is 5.56. The molecule has 0 spiro atoms. The average Bonchev–Trinajstić information content (AvgIpc) is 2.26. The van der Waals surface area contributed by atoms with E-state index in [9.17, 15) is 18.0 Å². The van der Waals surface area contributed by atoms with Gasteiger partial charge in [0.1, 0.15) is 0 Å². The summed E-state index contributed by atoms with van der Waals surface area (Å²) in [4.78, 5) is 14.1. The van der Waals surface area contributed by atoms with Gasteiger partial charge in [-0.05, 0) is 31.8 Å². The molecule has 1 aromatic carbocycles. The summed E-state index contributed by atoms with van der Waals surface area (Å²) in [6, 6.07) is 4.28. The van der Waals surface area contributed by atoms with Crippen molar-refractivity contribution in [2.45, 2.75) is 33.0 Å². The number of carbonyl (C=O) groups excluding carboxylic acids is 1. The first-order chi connectivity index (χ1) is 8.94. The maximum atomic E-state index is 12.8. The smallest absolute Gasteiger partial charge is 0.297 e. The summed E-state index contributed by atoms with van der Waals surface area (Å²) in [5.41, 5.74) is -0.989. The van der Waals surface area contributed by atoms with Gasteiger partial charge in [-0.1, -0.05) is 32.9 Å². The topological polar surface area (TPSA) is 20.3 Å². The van der Waals surface area contributed by atoms with Crippen LogP contribution < -0.4 is 0 Å². The van der Waals surface area contributed by atoms with Crippen LogP contribution in [0, 0.1) is 5.41 Å². The molecular formula is C15H20F3NO. The Morgan fingerprint density at radius 3 is 2.10 bits per heavy atom. The highest BCUT2D eigenvalue weighted by molar-refractivity contribution is 5.89. The van der Waals surface area contributed by atoms with Gasteiger partial charge in [-0.3, -0.25) is 9.69 Å². The molecule has 0 amide bonds. The lowest BCUT2D eigenvalue weighted by molar-refractivity contribution is -0.138. The van der Waals surface area contributed by atoms with Gasteiger partial charge in [0.25, 0.3) is 0 Å². The Morgan fingerprint density at radius 2 is 1.70 bits per heavy atom. The van der Waals surface area contributed by atoms with E-state index in [0.29, 0.717) is 5.56 Å². The molecule has 0 fully saturated rings. The van der Waals surface area contributed by atoms with Crippen LogP contribution in [0.4, 0.5) is 13.2 Å². The molecule has 5 heteroatoms. The van der Waals surface area contributed by atoms with Gasteiger partial charge < -0.3 is 0 Å². The number of carbonyl (C=O) groups is 1. The Labute approximate surface area is 117 Å². The third-order valence-corrected chi connectivity index (χ3v) is 3.03. The Balaban J connectivity index is 3.27. The fourth-order valence-corrected chi connectivity index (χ4v) is 1.98. The van der Waals surface area contributed by atoms with E-state index in [1.54, 1.807) is 45.8 Å². The van der Waals surface area contributed by atoms with Crippen LogP contribution in [-0.4, -0.2) is 24.8 Å². The fraction of sp³-hybridized carbons (Fsp3) is 0.533. The number of nitrogens with zero attached hydrogens (tertiary/aromatic N) is 1. The molecule has 1 aromatic rings. The molecule has 0 saturated heterocycles. The van der Waals surface area contributed by atoms with Crippen molar-refractivity contribution in [2.75, 3.05) is 14.1 Å². The molecule has 2 nitrogen and oxygen atoms in total. The van der Waals surface area contributed by atoms with Gasteiger partial charge in [0.05, 0.1) is 11.6 Å². The van der Waals surface area contributed by atoms with Crippen LogP contribution in [0.1, 0.15) is 37.9 Å². The van der Waals surface area contributed by atoms with E-state index in [1.807, 2.05) is 0 Å². The minimum atomic E-state index is -4.41. The zero-order valence-corrected chi connectivity index (χ0v) is 12.4. The highest BCUT2D eigenvalue weighted by atomic mass is 19.4. The van der Waals surface area contributed by atoms with Crippen molar-refractivity contribution < 1.29 is 18.0 Å². The van der Waals surface area contributed by atoms with Crippen molar-refractivity contribution >= 4 is 5.78 Å². The molecule has 1 rings (SSSR count). The van der Waals surface area contributed by atoms with Crippen molar-refractivity contribution in [3.63, 3.8) is 0 Å². The second-order valence-electron chi connectivity index (χ2n) is 6.10. The molecule has 112 valence electrons. The van der Waals surface area contributed by atoms with Crippen molar-refractivity contribution in [3.8, 4) is 0 Å². The second-order valence-corrected chi connectivity index (χ2v) is 6.10. The molecule has 20 heavy (non-hydrogen) atoms. The molecule has 0 aliphatic carbocycles. The van der Waals surface area contributed by atoms with E-state index < -0.39 is 23.2 Å². The minimum Gasteiger partial charge on any atom is -0.297 e. The first-order valence-corrected chi connectivity index (χ1v) is 6.32. The summed E-state index contributed by atoms with van der Waals surface area (Å²) in [6.07, 6.45) is -4.41. The number of Topliss-reactive ketones (excluding diaryl/α,β-unsaturated/α-hetero) is 1. The molecular weight excluding hydrogens is 267 g/mol. The number of halogens is 3. The molecule has 0 aliphatic rings. The zero-order valence-electron chi connectivity index (χ0n) is 12.4. The SMILES string of the molecule is CN(C)C(C(=O)C(C)(C)C)c1cccc(C(F)(F)F)c1. The Kier molecular flexibility index (Phi) is 4.64. The number of benzene rings is 1. The standard InChI is InChI=1S/C15H20F3NO/c1-14(2,3)13(20)12(19(4)5)10-7-6-8-11(9-10)15(16,17)18/h6-9,12H,1-5H3. The lowest BCUT2D eigenvalue weighted by atomic mass is 9.83. The third-order valence-electron chi connectivity index (χ3n) is 3.03. The quantitative estimate of drug-likeness (QED) is 0.839. The summed E-state index contributed by atoms with van der Waals surface area (Å²) < 4.78 is 38.3. The predicted octanol–water partition coefficient (Wildman–Crippen LogP) is 3.92. The number of hydrogen-bond donors (Lipinski definition) is 0. The average molecular weight is 287 g/mol. The van der Waals surface area contributed by atoms with E-state index in [0.717, 1.165) is 12.1 Å². The van der Waals surface area contributed by atoms with Crippen LogP contribution >= 0.6 is 0 Å². The van der Waals surface area contributed by atoms with E-state index in [1.165, 1.54) is 6.07 Å². The molecule has 0 aliphatic heterocycles. The van der Waals surface area contributed by atoms with Gasteiger partial charge in [-0.25, -0.2) is 0 Å². The van der Waals surface area contributed by atoms with E-state index >= 15 is 0 Å². The van der Waals surface area contributed by atoms with Gasteiger partial charge in [0, 0.05) is 5.41 Å². The summed E-state index contributed by atoms with van der Waals surface area (Å²) in [5.74, 6) is -0.109. The van der Waals surface area contributed by atoms with Gasteiger partial charge in [0.2, 0.25) is 0 Å². The minimum absolute atomic E-state index is 0.109. The lowest BCUT2D eigenvalue weighted by Gasteiger charge is -2.30. The highest BCUT2D eigenvalue weighted by Crippen LogP contribution is 2.34. The predicted molar refractivity (Wildman–Crippen MR) is 72.3 cm³/mol. The summed E-state index contributed by atoms with van der Waals surface area (Å²) in [6.45, 7) is 5.29. The Hall–Kier alpha value is -1.36. The Bertz CT molecular complexity index is 487. The molecule has 0 aromatic heterocycles. The van der Waals surface area contributed by atoms with Crippen LogP contribution in [0.25, 0.3) is 0 Å². The largest absolute Gasteiger partial charge is 0.416 e. The summed E-state index contributed by atoms with van der Waals surface area (Å²) in [7, 11) is 3.38. The van der Waals surface area contributed by atoms with Crippen LogP contribution in [0.15, 0.2) is 24.3 Å². The molecule has 1 unspecified atom stereocenters. The van der Waals surface area contributed by atoms with Crippen molar-refractivity contribution in [2.24, 2.45) is 5.41 Å². The number of likely N-dealkylation sites (N-methyl/N-ethyl adjacent to an activating group) is 1. The molecule has 0 bridgehead atoms. The normalized spacial score (nSPS) is 14.4. The van der Waals surface area contributed by atoms with Crippen molar-refractivity contribution in [3.05, 3.63) is 35.4 Å². The first-order valence-electron chi connectivity index (χ1n) is 6.32. The van der Waals surface area contributed by atoms with Gasteiger partial charge in [-0.2, -0.15) is 13.2 Å². The van der Waals surface area contributed by atoms with Crippen LogP contribution in [0.5, 0.6) is 0 Å². The number of ketones is 1. The number of hydrogen-bond acceptors (Lipinski definition) is 2. The van der Waals surface area contributed by atoms with Crippen molar-refractivity contribution in [1.29, 1.82) is 0 Å².